The summed E-state index contributed by atoms with van der Waals surface area (Å²) in [4.78, 5) is 15.7. The fraction of sp³-hybridized carbons (Fsp3) is 0.235. The van der Waals surface area contributed by atoms with Crippen LogP contribution in [0.5, 0.6) is 5.75 Å². The maximum atomic E-state index is 12.6. The molecule has 0 aromatic heterocycles. The van der Waals surface area contributed by atoms with Crippen LogP contribution in [0.1, 0.15) is 5.56 Å². The normalized spacial score (nSPS) is 13.7. The number of thioether (sulfide) groups is 1. The number of hydrogen-bond acceptors (Lipinski definition) is 3. The Morgan fingerprint density at radius 1 is 1.24 bits per heavy atom. The second-order valence-corrected chi connectivity index (χ2v) is 6.03. The van der Waals surface area contributed by atoms with Crippen molar-refractivity contribution in [3.63, 3.8) is 0 Å². The largest absolute Gasteiger partial charge is 0.497 e. The van der Waals surface area contributed by atoms with E-state index >= 15 is 0 Å². The van der Waals surface area contributed by atoms with E-state index in [-0.39, 0.29) is 5.91 Å². The van der Waals surface area contributed by atoms with Crippen LogP contribution in [0.3, 0.4) is 0 Å². The first-order chi connectivity index (χ1) is 10.3. The van der Waals surface area contributed by atoms with Crippen molar-refractivity contribution >= 4 is 23.4 Å². The van der Waals surface area contributed by atoms with Crippen LogP contribution < -0.4 is 9.64 Å². The van der Waals surface area contributed by atoms with Crippen molar-refractivity contribution in [2.45, 2.75) is 11.3 Å². The van der Waals surface area contributed by atoms with Crippen LogP contribution in [-0.2, 0) is 11.2 Å². The Morgan fingerprint density at radius 2 is 2.10 bits per heavy atom. The van der Waals surface area contributed by atoms with E-state index in [4.69, 9.17) is 4.74 Å². The molecule has 0 spiro atoms. The molecule has 0 radical (unpaired) electrons. The van der Waals surface area contributed by atoms with Crippen molar-refractivity contribution in [3.05, 3.63) is 54.1 Å². The van der Waals surface area contributed by atoms with Gasteiger partial charge in [0.1, 0.15) is 5.75 Å². The molecule has 3 nitrogen and oxygen atoms in total. The zero-order valence-electron chi connectivity index (χ0n) is 11.9. The fourth-order valence-corrected chi connectivity index (χ4v) is 3.48. The Bertz CT molecular complexity index is 657. The fourth-order valence-electron chi connectivity index (χ4n) is 2.48. The SMILES string of the molecule is COc1cccc(CC(=O)N2CCSc3ccccc32)c1. The number of methoxy groups -OCH3 is 1. The van der Waals surface area contributed by atoms with Gasteiger partial charge in [-0.2, -0.15) is 0 Å². The van der Waals surface area contributed by atoms with Gasteiger partial charge in [-0.3, -0.25) is 4.79 Å². The van der Waals surface area contributed by atoms with Crippen LogP contribution >= 0.6 is 11.8 Å². The maximum Gasteiger partial charge on any atom is 0.231 e. The minimum absolute atomic E-state index is 0.135. The molecule has 108 valence electrons. The molecule has 2 aromatic rings. The maximum absolute atomic E-state index is 12.6. The van der Waals surface area contributed by atoms with Crippen LogP contribution in [0, 0.1) is 0 Å². The minimum Gasteiger partial charge on any atom is -0.497 e. The minimum atomic E-state index is 0.135. The van der Waals surface area contributed by atoms with E-state index < -0.39 is 0 Å². The van der Waals surface area contributed by atoms with Crippen LogP contribution in [0.2, 0.25) is 0 Å². The van der Waals surface area contributed by atoms with Crippen molar-refractivity contribution in [1.82, 2.24) is 0 Å². The van der Waals surface area contributed by atoms with Gasteiger partial charge in [0, 0.05) is 17.2 Å². The smallest absolute Gasteiger partial charge is 0.231 e. The quantitative estimate of drug-likeness (QED) is 0.870. The van der Waals surface area contributed by atoms with Crippen LogP contribution in [0.4, 0.5) is 5.69 Å². The third-order valence-electron chi connectivity index (χ3n) is 3.52. The molecule has 0 saturated heterocycles. The summed E-state index contributed by atoms with van der Waals surface area (Å²) in [6.45, 7) is 0.768. The average molecular weight is 299 g/mol. The number of nitrogens with zero attached hydrogens (tertiary/aromatic N) is 1. The molecule has 0 atom stereocenters. The molecule has 1 amide bonds. The number of ether oxygens (including phenoxy) is 1. The molecule has 1 aliphatic heterocycles. The number of benzene rings is 2. The third kappa shape index (κ3) is 3.05. The number of para-hydroxylation sites is 1. The second-order valence-electron chi connectivity index (χ2n) is 4.89. The lowest BCUT2D eigenvalue weighted by molar-refractivity contribution is -0.118. The van der Waals surface area contributed by atoms with Gasteiger partial charge in [-0.05, 0) is 29.8 Å². The summed E-state index contributed by atoms with van der Waals surface area (Å²) in [5.41, 5.74) is 2.01. The van der Waals surface area contributed by atoms with Gasteiger partial charge in [-0.1, -0.05) is 24.3 Å². The monoisotopic (exact) mass is 299 g/mol. The van der Waals surface area contributed by atoms with E-state index in [0.29, 0.717) is 6.42 Å². The van der Waals surface area contributed by atoms with E-state index in [0.717, 1.165) is 29.3 Å². The lowest BCUT2D eigenvalue weighted by atomic mass is 10.1. The summed E-state index contributed by atoms with van der Waals surface area (Å²) in [6, 6.07) is 15.8. The number of anilines is 1. The van der Waals surface area contributed by atoms with Crippen LogP contribution in [0.15, 0.2) is 53.4 Å². The Labute approximate surface area is 128 Å². The molecule has 21 heavy (non-hydrogen) atoms. The van der Waals surface area contributed by atoms with Gasteiger partial charge in [0.05, 0.1) is 19.2 Å². The van der Waals surface area contributed by atoms with Gasteiger partial charge in [-0.15, -0.1) is 11.8 Å². The lowest BCUT2D eigenvalue weighted by Gasteiger charge is -2.29. The molecular weight excluding hydrogens is 282 g/mol. The van der Waals surface area contributed by atoms with Crippen molar-refractivity contribution in [1.29, 1.82) is 0 Å². The van der Waals surface area contributed by atoms with Crippen molar-refractivity contribution in [2.24, 2.45) is 0 Å². The summed E-state index contributed by atoms with van der Waals surface area (Å²) in [5.74, 6) is 1.87. The Morgan fingerprint density at radius 3 is 2.95 bits per heavy atom. The number of carbonyl (C=O) groups is 1. The molecule has 1 aliphatic rings. The van der Waals surface area contributed by atoms with Gasteiger partial charge >= 0.3 is 0 Å². The highest BCUT2D eigenvalue weighted by atomic mass is 32.2. The van der Waals surface area contributed by atoms with Crippen LogP contribution in [0.25, 0.3) is 0 Å². The lowest BCUT2D eigenvalue weighted by Crippen LogP contribution is -2.36. The van der Waals surface area contributed by atoms with E-state index in [9.17, 15) is 4.79 Å². The number of fused-ring (bicyclic) bond motifs is 1. The van der Waals surface area contributed by atoms with Crippen molar-refractivity contribution in [2.75, 3.05) is 24.3 Å². The highest BCUT2D eigenvalue weighted by Crippen LogP contribution is 2.34. The number of amides is 1. The highest BCUT2D eigenvalue weighted by Gasteiger charge is 2.22. The standard InChI is InChI=1S/C17H17NO2S/c1-20-14-6-4-5-13(11-14)12-17(19)18-9-10-21-16-8-3-2-7-15(16)18/h2-8,11H,9-10,12H2,1H3. The van der Waals surface area contributed by atoms with E-state index in [2.05, 4.69) is 6.07 Å². The number of hydrogen-bond donors (Lipinski definition) is 0. The Kier molecular flexibility index (Phi) is 4.15. The van der Waals surface area contributed by atoms with E-state index in [1.807, 2.05) is 59.1 Å². The van der Waals surface area contributed by atoms with E-state index in [1.54, 1.807) is 7.11 Å². The second kappa shape index (κ2) is 6.22. The van der Waals surface area contributed by atoms with Gasteiger partial charge in [0.15, 0.2) is 0 Å². The van der Waals surface area contributed by atoms with E-state index in [1.165, 1.54) is 4.90 Å². The molecule has 1 heterocycles. The van der Waals surface area contributed by atoms with Crippen LogP contribution in [-0.4, -0.2) is 25.3 Å². The molecular formula is C17H17NO2S. The number of carbonyl (C=O) groups excluding carboxylic acids is 1. The van der Waals surface area contributed by atoms with Gasteiger partial charge in [0.2, 0.25) is 5.91 Å². The average Bonchev–Trinajstić information content (AvgIpc) is 2.54. The predicted octanol–water partition coefficient (Wildman–Crippen LogP) is 3.38. The predicted molar refractivity (Wildman–Crippen MR) is 86.2 cm³/mol. The Balaban J connectivity index is 1.80. The molecule has 0 saturated carbocycles. The van der Waals surface area contributed by atoms with Crippen molar-refractivity contribution < 1.29 is 9.53 Å². The summed E-state index contributed by atoms with van der Waals surface area (Å²) in [7, 11) is 1.64. The molecule has 4 heteroatoms. The molecule has 0 unspecified atom stereocenters. The molecule has 0 aliphatic carbocycles. The summed E-state index contributed by atoms with van der Waals surface area (Å²) in [5, 5.41) is 0. The first-order valence-electron chi connectivity index (χ1n) is 6.93. The third-order valence-corrected chi connectivity index (χ3v) is 4.56. The highest BCUT2D eigenvalue weighted by molar-refractivity contribution is 7.99. The molecule has 0 fully saturated rings. The van der Waals surface area contributed by atoms with Gasteiger partial charge in [-0.25, -0.2) is 0 Å². The summed E-state index contributed by atoms with van der Waals surface area (Å²) in [6.07, 6.45) is 0.399. The Hall–Kier alpha value is -1.94. The zero-order chi connectivity index (χ0) is 14.7. The topological polar surface area (TPSA) is 29.5 Å². The van der Waals surface area contributed by atoms with Gasteiger partial charge in [0.25, 0.3) is 0 Å². The van der Waals surface area contributed by atoms with Gasteiger partial charge < -0.3 is 9.64 Å². The first-order valence-corrected chi connectivity index (χ1v) is 7.91. The number of rotatable bonds is 3. The molecule has 0 bridgehead atoms. The van der Waals surface area contributed by atoms with Crippen molar-refractivity contribution in [3.8, 4) is 5.75 Å². The summed E-state index contributed by atoms with van der Waals surface area (Å²) >= 11 is 1.81. The zero-order valence-corrected chi connectivity index (χ0v) is 12.7. The first kappa shape index (κ1) is 14.0. The molecule has 0 N–H and O–H groups in total. The molecule has 3 rings (SSSR count). The summed E-state index contributed by atoms with van der Waals surface area (Å²) < 4.78 is 5.21. The molecule has 2 aromatic carbocycles.